The van der Waals surface area contributed by atoms with Crippen molar-refractivity contribution in [1.82, 2.24) is 0 Å². The molecule has 1 N–H and O–H groups in total. The molecular formula is C29H34O5. The molecule has 0 aromatic heterocycles. The van der Waals surface area contributed by atoms with Gasteiger partial charge in [-0.1, -0.05) is 49.0 Å². The molecule has 180 valence electrons. The molecule has 1 saturated heterocycles. The quantitative estimate of drug-likeness (QED) is 0.267. The van der Waals surface area contributed by atoms with Gasteiger partial charge in [-0.25, -0.2) is 0 Å². The Morgan fingerprint density at radius 2 is 2.09 bits per heavy atom. The molecule has 0 aromatic carbocycles. The van der Waals surface area contributed by atoms with E-state index in [1.165, 1.54) is 11.1 Å². The van der Waals surface area contributed by atoms with Gasteiger partial charge in [0.2, 0.25) is 0 Å². The molecule has 34 heavy (non-hydrogen) atoms. The van der Waals surface area contributed by atoms with Crippen molar-refractivity contribution >= 4 is 5.97 Å². The number of allylic oxidation sites excluding steroid dienone is 9. The number of carboxylic acids is 1. The number of hydrogen-bond acceptors (Lipinski definition) is 4. The van der Waals surface area contributed by atoms with E-state index in [-0.39, 0.29) is 6.42 Å². The lowest BCUT2D eigenvalue weighted by Gasteiger charge is -2.31. The zero-order valence-electron chi connectivity index (χ0n) is 20.1. The Hall–Kier alpha value is -3.07. The highest BCUT2D eigenvalue weighted by atomic mass is 16.7. The second kappa shape index (κ2) is 12.4. The number of carbonyl (C=O) groups is 1. The number of rotatable bonds is 9. The van der Waals surface area contributed by atoms with Crippen LogP contribution in [-0.4, -0.2) is 36.7 Å². The first-order valence-corrected chi connectivity index (χ1v) is 11.8. The van der Waals surface area contributed by atoms with Crippen molar-refractivity contribution in [2.45, 2.75) is 51.7 Å². The van der Waals surface area contributed by atoms with E-state index in [4.69, 9.17) is 19.3 Å². The van der Waals surface area contributed by atoms with Gasteiger partial charge in [-0.15, -0.1) is 5.92 Å². The molecule has 5 nitrogen and oxygen atoms in total. The summed E-state index contributed by atoms with van der Waals surface area (Å²) in [5.41, 5.74) is 4.45. The van der Waals surface area contributed by atoms with Crippen molar-refractivity contribution in [2.24, 2.45) is 5.92 Å². The van der Waals surface area contributed by atoms with Gasteiger partial charge in [0.25, 0.3) is 0 Å². The van der Waals surface area contributed by atoms with Gasteiger partial charge in [-0.2, -0.15) is 0 Å². The van der Waals surface area contributed by atoms with E-state index in [9.17, 15) is 4.79 Å². The van der Waals surface area contributed by atoms with Crippen LogP contribution in [0.2, 0.25) is 0 Å². The molecule has 1 aliphatic heterocycles. The molecule has 3 rings (SSSR count). The van der Waals surface area contributed by atoms with Gasteiger partial charge in [0.15, 0.2) is 5.79 Å². The Labute approximate surface area is 202 Å². The van der Waals surface area contributed by atoms with Crippen molar-refractivity contribution in [1.29, 1.82) is 0 Å². The molecule has 1 spiro atoms. The summed E-state index contributed by atoms with van der Waals surface area (Å²) < 4.78 is 17.6. The third kappa shape index (κ3) is 7.21. The monoisotopic (exact) mass is 462 g/mol. The van der Waals surface area contributed by atoms with E-state index >= 15 is 0 Å². The molecule has 3 aliphatic rings. The first-order valence-electron chi connectivity index (χ1n) is 11.8. The molecule has 1 heterocycles. The first kappa shape index (κ1) is 25.6. The van der Waals surface area contributed by atoms with Crippen LogP contribution in [0.3, 0.4) is 0 Å². The number of ether oxygens (including phenoxy) is 3. The maximum atomic E-state index is 11.1. The minimum absolute atomic E-state index is 0.0689. The van der Waals surface area contributed by atoms with Crippen LogP contribution >= 0.6 is 0 Å². The van der Waals surface area contributed by atoms with Crippen LogP contribution in [0, 0.1) is 17.8 Å². The Morgan fingerprint density at radius 1 is 1.29 bits per heavy atom. The number of aliphatic carboxylic acids is 1. The van der Waals surface area contributed by atoms with Crippen LogP contribution in [0.1, 0.15) is 46.0 Å². The Balaban J connectivity index is 1.53. The number of hydrogen-bond donors (Lipinski definition) is 1. The Morgan fingerprint density at radius 3 is 2.74 bits per heavy atom. The maximum Gasteiger partial charge on any atom is 0.304 e. The minimum atomic E-state index is -0.895. The second-order valence-electron chi connectivity index (χ2n) is 8.51. The lowest BCUT2D eigenvalue weighted by Crippen LogP contribution is -2.31. The Kier molecular flexibility index (Phi) is 9.33. The van der Waals surface area contributed by atoms with Gasteiger partial charge in [-0.3, -0.25) is 4.79 Å². The van der Waals surface area contributed by atoms with E-state index in [2.05, 4.69) is 48.8 Å². The average Bonchev–Trinajstić information content (AvgIpc) is 3.14. The van der Waals surface area contributed by atoms with Crippen molar-refractivity contribution in [3.05, 3.63) is 83.2 Å². The topological polar surface area (TPSA) is 65.0 Å². The molecule has 0 aromatic rings. The summed E-state index contributed by atoms with van der Waals surface area (Å²) in [4.78, 5) is 11.1. The predicted octanol–water partition coefficient (Wildman–Crippen LogP) is 5.80. The third-order valence-electron chi connectivity index (χ3n) is 6.15. The fourth-order valence-corrected chi connectivity index (χ4v) is 4.19. The third-order valence-corrected chi connectivity index (χ3v) is 6.15. The van der Waals surface area contributed by atoms with Crippen LogP contribution in [0.5, 0.6) is 0 Å². The van der Waals surface area contributed by atoms with Crippen molar-refractivity contribution < 1.29 is 24.1 Å². The second-order valence-corrected chi connectivity index (χ2v) is 8.51. The summed E-state index contributed by atoms with van der Waals surface area (Å²) >= 11 is 0. The molecule has 0 unspecified atom stereocenters. The molecule has 0 saturated carbocycles. The van der Waals surface area contributed by atoms with Crippen molar-refractivity contribution in [3.63, 3.8) is 0 Å². The lowest BCUT2D eigenvalue weighted by molar-refractivity contribution is -0.161. The fourth-order valence-electron chi connectivity index (χ4n) is 4.19. The number of carboxylic acid groups (broad SMARTS) is 1. The summed E-state index contributed by atoms with van der Waals surface area (Å²) in [6.07, 6.45) is 19.7. The molecule has 1 fully saturated rings. The summed E-state index contributed by atoms with van der Waals surface area (Å²) in [5, 5.41) is 9.08. The average molecular weight is 463 g/mol. The highest BCUT2D eigenvalue weighted by molar-refractivity contribution is 5.68. The van der Waals surface area contributed by atoms with E-state index in [0.29, 0.717) is 31.2 Å². The molecule has 2 aliphatic carbocycles. The summed E-state index contributed by atoms with van der Waals surface area (Å²) in [7, 11) is 0. The normalized spacial score (nSPS) is 20.6. The largest absolute Gasteiger partial charge is 0.489 e. The smallest absolute Gasteiger partial charge is 0.304 e. The van der Waals surface area contributed by atoms with Crippen LogP contribution in [0.25, 0.3) is 0 Å². The zero-order chi connectivity index (χ0) is 24.4. The highest BCUT2D eigenvalue weighted by Gasteiger charge is 2.37. The molecule has 0 bridgehead atoms. The zero-order valence-corrected chi connectivity index (χ0v) is 20.1. The van der Waals surface area contributed by atoms with Crippen LogP contribution in [-0.2, 0) is 19.0 Å². The van der Waals surface area contributed by atoms with Gasteiger partial charge < -0.3 is 19.3 Å². The standard InChI is InChI=1S/C29H34O5/c1-4-7-26(20-28(30)31)22(3)10-13-27(5-2)32-21-23-8-6-9-24(12-11-23)25-14-16-29(17-15-25)33-18-19-34-29/h5-6,8-11,13-14,26H,3,12,15-21H2,1-2H3,(H,30,31)/b13-10-,27-5+/t26-/m0/s1. The molecule has 0 amide bonds. The van der Waals surface area contributed by atoms with Gasteiger partial charge in [0.05, 0.1) is 25.6 Å². The minimum Gasteiger partial charge on any atom is -0.489 e. The summed E-state index contributed by atoms with van der Waals surface area (Å²) in [6, 6.07) is 0. The summed E-state index contributed by atoms with van der Waals surface area (Å²) in [5.74, 6) is 4.69. The van der Waals surface area contributed by atoms with Crippen molar-refractivity contribution in [2.75, 3.05) is 19.8 Å². The van der Waals surface area contributed by atoms with E-state index in [1.54, 1.807) is 13.0 Å². The van der Waals surface area contributed by atoms with E-state index in [0.717, 1.165) is 31.3 Å². The molecule has 5 heteroatoms. The molecule has 1 atom stereocenters. The van der Waals surface area contributed by atoms with Crippen LogP contribution < -0.4 is 0 Å². The van der Waals surface area contributed by atoms with Crippen LogP contribution in [0.4, 0.5) is 0 Å². The van der Waals surface area contributed by atoms with Gasteiger partial charge in [0, 0.05) is 12.8 Å². The highest BCUT2D eigenvalue weighted by Crippen LogP contribution is 2.38. The first-order chi connectivity index (χ1) is 16.4. The van der Waals surface area contributed by atoms with Crippen molar-refractivity contribution in [3.8, 4) is 11.8 Å². The SMILES string of the molecule is C=C(/C=C\C(=C/C)OCC1=CCC(C2=CCC3(CC2)OCCO3)=CC=C1)[C@@H](C#CC)CC(=O)O. The maximum absolute atomic E-state index is 11.1. The van der Waals surface area contributed by atoms with Gasteiger partial charge in [0.1, 0.15) is 12.4 Å². The van der Waals surface area contributed by atoms with Gasteiger partial charge >= 0.3 is 5.97 Å². The van der Waals surface area contributed by atoms with Gasteiger partial charge in [-0.05, 0) is 61.1 Å². The van der Waals surface area contributed by atoms with E-state index < -0.39 is 17.7 Å². The summed E-state index contributed by atoms with van der Waals surface area (Å²) in [6.45, 7) is 9.41. The Bertz CT molecular complexity index is 1020. The predicted molar refractivity (Wildman–Crippen MR) is 134 cm³/mol. The molecular weight excluding hydrogens is 428 g/mol. The fraction of sp³-hybridized carbons (Fsp3) is 0.414. The lowest BCUT2D eigenvalue weighted by atomic mass is 9.88. The molecule has 0 radical (unpaired) electrons. The van der Waals surface area contributed by atoms with Crippen LogP contribution in [0.15, 0.2) is 83.2 Å². The van der Waals surface area contributed by atoms with E-state index in [1.807, 2.05) is 19.1 Å².